The van der Waals surface area contributed by atoms with Gasteiger partial charge in [0, 0.05) is 23.6 Å². The molecule has 30 heavy (non-hydrogen) atoms. The summed E-state index contributed by atoms with van der Waals surface area (Å²) in [5.74, 6) is -0.382. The molecule has 164 valence electrons. The van der Waals surface area contributed by atoms with Crippen LogP contribution in [0.2, 0.25) is 0 Å². The van der Waals surface area contributed by atoms with Gasteiger partial charge >= 0.3 is 6.18 Å². The summed E-state index contributed by atoms with van der Waals surface area (Å²) in [5, 5.41) is 0. The van der Waals surface area contributed by atoms with Gasteiger partial charge in [0.2, 0.25) is 0 Å². The van der Waals surface area contributed by atoms with E-state index < -0.39 is 21.8 Å². The first-order valence-electron chi connectivity index (χ1n) is 9.23. The topological polar surface area (TPSA) is 58.6 Å². The molecule has 3 rings (SSSR count). The van der Waals surface area contributed by atoms with Crippen LogP contribution in [-0.4, -0.2) is 39.6 Å². The lowest BCUT2D eigenvalue weighted by Crippen LogP contribution is -2.23. The van der Waals surface area contributed by atoms with Crippen molar-refractivity contribution in [2.24, 2.45) is 0 Å². The molecule has 1 N–H and O–H groups in total. The molecule has 0 unspecified atom stereocenters. The molecule has 1 aliphatic heterocycles. The third kappa shape index (κ3) is 5.09. The summed E-state index contributed by atoms with van der Waals surface area (Å²) in [7, 11) is -2.15. The highest BCUT2D eigenvalue weighted by Gasteiger charge is 2.36. The molecule has 0 aromatic heterocycles. The van der Waals surface area contributed by atoms with Crippen molar-refractivity contribution >= 4 is 31.6 Å². The van der Waals surface area contributed by atoms with Crippen LogP contribution < -0.4 is 9.46 Å². The molecule has 1 fully saturated rings. The van der Waals surface area contributed by atoms with Crippen molar-refractivity contribution in [3.63, 3.8) is 0 Å². The highest BCUT2D eigenvalue weighted by Crippen LogP contribution is 2.39. The maximum absolute atomic E-state index is 13.4. The first-order valence-corrected chi connectivity index (χ1v) is 11.5. The predicted octanol–water partition coefficient (Wildman–Crippen LogP) is 4.97. The third-order valence-electron chi connectivity index (χ3n) is 4.87. The maximum atomic E-state index is 13.4. The van der Waals surface area contributed by atoms with Gasteiger partial charge in [-0.2, -0.15) is 13.2 Å². The SMILES string of the molecule is Cc1cc(Br)cc(C)c1S(=O)(=O)Nc1ccc(C(F)(F)F)c(O[C@H]2CCN(C)C2)c1. The Balaban J connectivity index is 1.95. The number of hydrogen-bond acceptors (Lipinski definition) is 4. The van der Waals surface area contributed by atoms with Gasteiger partial charge in [0.15, 0.2) is 0 Å². The molecular formula is C20H22BrF3N2O3S. The zero-order valence-electron chi connectivity index (χ0n) is 16.7. The van der Waals surface area contributed by atoms with E-state index in [1.807, 2.05) is 11.9 Å². The minimum Gasteiger partial charge on any atom is -0.488 e. The molecular weight excluding hydrogens is 485 g/mol. The van der Waals surface area contributed by atoms with E-state index in [0.29, 0.717) is 24.1 Å². The number of rotatable bonds is 5. The van der Waals surface area contributed by atoms with E-state index >= 15 is 0 Å². The molecule has 0 saturated carbocycles. The van der Waals surface area contributed by atoms with E-state index in [4.69, 9.17) is 4.74 Å². The van der Waals surface area contributed by atoms with Crippen LogP contribution in [0, 0.1) is 13.8 Å². The summed E-state index contributed by atoms with van der Waals surface area (Å²) < 4.78 is 75.0. The standard InChI is InChI=1S/C20H22BrF3N2O3S/c1-12-8-14(21)9-13(2)19(12)30(27,28)25-15-4-5-17(20(22,23)24)18(10-15)29-16-6-7-26(3)11-16/h4-5,8-10,16,25H,6-7,11H2,1-3H3/t16-/m0/s1. The molecule has 1 heterocycles. The summed E-state index contributed by atoms with van der Waals surface area (Å²) in [6.07, 6.45) is -4.41. The van der Waals surface area contributed by atoms with Crippen LogP contribution >= 0.6 is 15.9 Å². The fraction of sp³-hybridized carbons (Fsp3) is 0.400. The number of benzene rings is 2. The first-order chi connectivity index (χ1) is 13.9. The third-order valence-corrected chi connectivity index (χ3v) is 7.02. The molecule has 1 aliphatic rings. The highest BCUT2D eigenvalue weighted by atomic mass is 79.9. The molecule has 5 nitrogen and oxygen atoms in total. The van der Waals surface area contributed by atoms with Crippen LogP contribution in [0.5, 0.6) is 5.75 Å². The van der Waals surface area contributed by atoms with Crippen LogP contribution in [0.3, 0.4) is 0 Å². The smallest absolute Gasteiger partial charge is 0.419 e. The lowest BCUT2D eigenvalue weighted by molar-refractivity contribution is -0.139. The van der Waals surface area contributed by atoms with E-state index in [1.54, 1.807) is 26.0 Å². The summed E-state index contributed by atoms with van der Waals surface area (Å²) in [4.78, 5) is 2.05. The molecule has 0 radical (unpaired) electrons. The monoisotopic (exact) mass is 506 g/mol. The van der Waals surface area contributed by atoms with E-state index in [-0.39, 0.29) is 22.4 Å². The van der Waals surface area contributed by atoms with Gasteiger partial charge in [-0.1, -0.05) is 15.9 Å². The Morgan fingerprint density at radius 3 is 2.33 bits per heavy atom. The van der Waals surface area contributed by atoms with E-state index in [1.165, 1.54) is 0 Å². The Bertz CT molecular complexity index is 1030. The number of nitrogens with one attached hydrogen (secondary N) is 1. The van der Waals surface area contributed by atoms with Crippen molar-refractivity contribution in [1.82, 2.24) is 4.90 Å². The lowest BCUT2D eigenvalue weighted by Gasteiger charge is -2.20. The number of anilines is 1. The maximum Gasteiger partial charge on any atom is 0.419 e. The largest absolute Gasteiger partial charge is 0.488 e. The molecule has 10 heteroatoms. The zero-order valence-corrected chi connectivity index (χ0v) is 19.1. The highest BCUT2D eigenvalue weighted by molar-refractivity contribution is 9.10. The summed E-state index contributed by atoms with van der Waals surface area (Å²) in [6, 6.07) is 6.37. The van der Waals surface area contributed by atoms with Crippen molar-refractivity contribution in [2.45, 2.75) is 37.4 Å². The van der Waals surface area contributed by atoms with Crippen LogP contribution in [0.4, 0.5) is 18.9 Å². The number of sulfonamides is 1. The van der Waals surface area contributed by atoms with Crippen LogP contribution in [0.15, 0.2) is 39.7 Å². The Labute approximate surface area is 182 Å². The fourth-order valence-electron chi connectivity index (χ4n) is 3.62. The predicted molar refractivity (Wildman–Crippen MR) is 112 cm³/mol. The van der Waals surface area contributed by atoms with Gasteiger partial charge < -0.3 is 9.64 Å². The van der Waals surface area contributed by atoms with Crippen molar-refractivity contribution in [3.8, 4) is 5.75 Å². The molecule has 0 spiro atoms. The number of likely N-dealkylation sites (tertiary alicyclic amines) is 1. The normalized spacial score (nSPS) is 17.9. The van der Waals surface area contributed by atoms with E-state index in [0.717, 1.165) is 29.2 Å². The van der Waals surface area contributed by atoms with Crippen LogP contribution in [0.1, 0.15) is 23.1 Å². The average molecular weight is 507 g/mol. The number of halogens is 4. The zero-order chi connectivity index (χ0) is 22.3. The van der Waals surface area contributed by atoms with E-state index in [2.05, 4.69) is 20.7 Å². The van der Waals surface area contributed by atoms with Gasteiger partial charge in [0.25, 0.3) is 10.0 Å². The van der Waals surface area contributed by atoms with Crippen molar-refractivity contribution in [3.05, 3.63) is 51.5 Å². The molecule has 2 aromatic carbocycles. The quantitative estimate of drug-likeness (QED) is 0.621. The first kappa shape index (κ1) is 22.9. The number of aryl methyl sites for hydroxylation is 2. The summed E-state index contributed by atoms with van der Waals surface area (Å²) in [6.45, 7) is 4.54. The second-order valence-corrected chi connectivity index (χ2v) is 10.0. The molecule has 0 amide bonds. The lowest BCUT2D eigenvalue weighted by atomic mass is 10.1. The second-order valence-electron chi connectivity index (χ2n) is 7.47. The number of hydrogen-bond donors (Lipinski definition) is 1. The van der Waals surface area contributed by atoms with Gasteiger partial charge in [-0.25, -0.2) is 8.42 Å². The fourth-order valence-corrected chi connectivity index (χ4v) is 5.81. The van der Waals surface area contributed by atoms with Crippen molar-refractivity contribution < 1.29 is 26.3 Å². The minimum absolute atomic E-state index is 0.00562. The second kappa shape index (κ2) is 8.39. The minimum atomic E-state index is -4.61. The van der Waals surface area contributed by atoms with Gasteiger partial charge in [0.1, 0.15) is 11.9 Å². The van der Waals surface area contributed by atoms with Crippen LogP contribution in [0.25, 0.3) is 0 Å². The Morgan fingerprint density at radius 1 is 1.17 bits per heavy atom. The Kier molecular flexibility index (Phi) is 6.41. The molecule has 0 bridgehead atoms. The average Bonchev–Trinajstić information content (AvgIpc) is 2.97. The van der Waals surface area contributed by atoms with Crippen molar-refractivity contribution in [2.75, 3.05) is 24.9 Å². The number of likely N-dealkylation sites (N-methyl/N-ethyl adjacent to an activating group) is 1. The number of ether oxygens (including phenoxy) is 1. The van der Waals surface area contributed by atoms with Crippen LogP contribution in [-0.2, 0) is 16.2 Å². The number of alkyl halides is 3. The number of nitrogens with zero attached hydrogens (tertiary/aromatic N) is 1. The molecule has 2 aromatic rings. The van der Waals surface area contributed by atoms with Gasteiger partial charge in [-0.15, -0.1) is 0 Å². The Morgan fingerprint density at radius 2 is 1.80 bits per heavy atom. The van der Waals surface area contributed by atoms with E-state index in [9.17, 15) is 21.6 Å². The van der Waals surface area contributed by atoms with Crippen molar-refractivity contribution in [1.29, 1.82) is 0 Å². The molecule has 0 aliphatic carbocycles. The van der Waals surface area contributed by atoms with Gasteiger partial charge in [0.05, 0.1) is 16.1 Å². The molecule has 1 saturated heterocycles. The Hall–Kier alpha value is -1.78. The van der Waals surface area contributed by atoms with Gasteiger partial charge in [-0.05, 0) is 62.7 Å². The molecule has 1 atom stereocenters. The summed E-state index contributed by atoms with van der Waals surface area (Å²) >= 11 is 3.32. The summed E-state index contributed by atoms with van der Waals surface area (Å²) in [5.41, 5.74) is 0.112. The van der Waals surface area contributed by atoms with Gasteiger partial charge in [-0.3, -0.25) is 4.72 Å².